The molecule has 1 saturated heterocycles. The highest BCUT2D eigenvalue weighted by molar-refractivity contribution is 5.01. The number of nitrogens with zero attached hydrogens (tertiary/aromatic N) is 1. The van der Waals surface area contributed by atoms with Crippen molar-refractivity contribution in [2.24, 2.45) is 5.92 Å². The van der Waals surface area contributed by atoms with Gasteiger partial charge in [-0.05, 0) is 45.4 Å². The Bertz CT molecular complexity index is 272. The molecule has 2 fully saturated rings. The second-order valence-electron chi connectivity index (χ2n) is 7.15. The van der Waals surface area contributed by atoms with E-state index < -0.39 is 0 Å². The summed E-state index contributed by atoms with van der Waals surface area (Å²) in [6.07, 6.45) is 8.34. The van der Waals surface area contributed by atoms with E-state index in [9.17, 15) is 0 Å². The number of nitrogens with one attached hydrogen (secondary N) is 1. The normalized spacial score (nSPS) is 39.3. The Hall–Kier alpha value is -0.0800. The van der Waals surface area contributed by atoms with Crippen molar-refractivity contribution in [1.29, 1.82) is 0 Å². The highest BCUT2D eigenvalue weighted by Gasteiger charge is 2.41. The zero-order valence-electron chi connectivity index (χ0n) is 12.9. The summed E-state index contributed by atoms with van der Waals surface area (Å²) < 4.78 is 0. The molecule has 0 spiro atoms. The summed E-state index contributed by atoms with van der Waals surface area (Å²) in [5.74, 6) is 0.968. The second-order valence-corrected chi connectivity index (χ2v) is 7.15. The number of hydrogen-bond donors (Lipinski definition) is 1. The summed E-state index contributed by atoms with van der Waals surface area (Å²) in [6, 6.07) is 0. The summed E-state index contributed by atoms with van der Waals surface area (Å²) in [4.78, 5) is 2.81. The SMILES string of the molecule is CCC1(C)CN(CC2CCCC2)C(C)(CC)CN1. The summed E-state index contributed by atoms with van der Waals surface area (Å²) in [6.45, 7) is 13.2. The fourth-order valence-corrected chi connectivity index (χ4v) is 3.56. The predicted octanol–water partition coefficient (Wildman–Crippen LogP) is 3.42. The van der Waals surface area contributed by atoms with Crippen molar-refractivity contribution in [2.45, 2.75) is 77.3 Å². The molecule has 106 valence electrons. The third-order valence-corrected chi connectivity index (χ3v) is 5.69. The van der Waals surface area contributed by atoms with Crippen molar-refractivity contribution >= 4 is 0 Å². The van der Waals surface area contributed by atoms with Crippen LogP contribution in [-0.2, 0) is 0 Å². The molecule has 0 radical (unpaired) electrons. The van der Waals surface area contributed by atoms with Gasteiger partial charge in [-0.25, -0.2) is 0 Å². The first-order valence-corrected chi connectivity index (χ1v) is 8.01. The molecule has 1 saturated carbocycles. The first kappa shape index (κ1) is 14.3. The molecule has 1 aliphatic heterocycles. The largest absolute Gasteiger partial charge is 0.308 e. The van der Waals surface area contributed by atoms with Crippen molar-refractivity contribution in [3.05, 3.63) is 0 Å². The van der Waals surface area contributed by atoms with Crippen molar-refractivity contribution in [3.63, 3.8) is 0 Å². The van der Waals surface area contributed by atoms with Gasteiger partial charge >= 0.3 is 0 Å². The molecule has 2 aliphatic rings. The van der Waals surface area contributed by atoms with Gasteiger partial charge in [0.25, 0.3) is 0 Å². The molecular weight excluding hydrogens is 220 g/mol. The zero-order chi connectivity index (χ0) is 13.2. The maximum absolute atomic E-state index is 3.80. The van der Waals surface area contributed by atoms with Crippen LogP contribution < -0.4 is 5.32 Å². The topological polar surface area (TPSA) is 15.3 Å². The van der Waals surface area contributed by atoms with Gasteiger partial charge < -0.3 is 5.32 Å². The second kappa shape index (κ2) is 5.50. The Balaban J connectivity index is 2.04. The van der Waals surface area contributed by atoms with Crippen LogP contribution in [0.15, 0.2) is 0 Å². The van der Waals surface area contributed by atoms with Gasteiger partial charge in [0, 0.05) is 30.7 Å². The molecule has 0 aromatic heterocycles. The lowest BCUT2D eigenvalue weighted by atomic mass is 9.85. The number of piperazine rings is 1. The van der Waals surface area contributed by atoms with Gasteiger partial charge in [0.1, 0.15) is 0 Å². The van der Waals surface area contributed by atoms with Crippen molar-refractivity contribution < 1.29 is 0 Å². The fraction of sp³-hybridized carbons (Fsp3) is 1.00. The van der Waals surface area contributed by atoms with Gasteiger partial charge in [-0.2, -0.15) is 0 Å². The lowest BCUT2D eigenvalue weighted by Crippen LogP contribution is -2.68. The monoisotopic (exact) mass is 252 g/mol. The minimum absolute atomic E-state index is 0.327. The summed E-state index contributed by atoms with van der Waals surface area (Å²) in [5.41, 5.74) is 0.699. The van der Waals surface area contributed by atoms with E-state index in [1.54, 1.807) is 0 Å². The number of rotatable bonds is 4. The molecule has 2 atom stereocenters. The molecule has 18 heavy (non-hydrogen) atoms. The Morgan fingerprint density at radius 3 is 2.33 bits per heavy atom. The van der Waals surface area contributed by atoms with Gasteiger partial charge in [-0.15, -0.1) is 0 Å². The first-order valence-electron chi connectivity index (χ1n) is 8.01. The summed E-state index contributed by atoms with van der Waals surface area (Å²) >= 11 is 0. The minimum atomic E-state index is 0.327. The van der Waals surface area contributed by atoms with Gasteiger partial charge in [-0.3, -0.25) is 4.90 Å². The average Bonchev–Trinajstić information content (AvgIpc) is 2.87. The molecule has 0 amide bonds. The van der Waals surface area contributed by atoms with E-state index in [1.165, 1.54) is 51.6 Å². The Kier molecular flexibility index (Phi) is 4.38. The smallest absolute Gasteiger partial charge is 0.0304 e. The molecule has 0 bridgehead atoms. The van der Waals surface area contributed by atoms with E-state index in [4.69, 9.17) is 0 Å². The average molecular weight is 252 g/mol. The molecule has 1 heterocycles. The molecule has 2 nitrogen and oxygen atoms in total. The zero-order valence-corrected chi connectivity index (χ0v) is 12.9. The first-order chi connectivity index (χ1) is 8.51. The lowest BCUT2D eigenvalue weighted by Gasteiger charge is -2.53. The van der Waals surface area contributed by atoms with Crippen LogP contribution in [0.3, 0.4) is 0 Å². The maximum atomic E-state index is 3.80. The minimum Gasteiger partial charge on any atom is -0.308 e. The van der Waals surface area contributed by atoms with E-state index in [0.29, 0.717) is 11.1 Å². The van der Waals surface area contributed by atoms with Gasteiger partial charge in [0.05, 0.1) is 0 Å². The van der Waals surface area contributed by atoms with Gasteiger partial charge in [0.2, 0.25) is 0 Å². The number of hydrogen-bond acceptors (Lipinski definition) is 2. The Labute approximate surface area is 114 Å². The molecular formula is C16H32N2. The molecule has 0 aromatic carbocycles. The Morgan fingerprint density at radius 2 is 1.78 bits per heavy atom. The van der Waals surface area contributed by atoms with Crippen LogP contribution >= 0.6 is 0 Å². The lowest BCUT2D eigenvalue weighted by molar-refractivity contribution is 0.00608. The third-order valence-electron chi connectivity index (χ3n) is 5.69. The van der Waals surface area contributed by atoms with Gasteiger partial charge in [-0.1, -0.05) is 26.7 Å². The highest BCUT2D eigenvalue weighted by atomic mass is 15.3. The van der Waals surface area contributed by atoms with Crippen LogP contribution in [0.1, 0.15) is 66.2 Å². The summed E-state index contributed by atoms with van der Waals surface area (Å²) in [5, 5.41) is 3.80. The summed E-state index contributed by atoms with van der Waals surface area (Å²) in [7, 11) is 0. The molecule has 2 rings (SSSR count). The predicted molar refractivity (Wildman–Crippen MR) is 78.9 cm³/mol. The molecule has 0 aromatic rings. The van der Waals surface area contributed by atoms with Crippen LogP contribution in [0.25, 0.3) is 0 Å². The molecule has 1 N–H and O–H groups in total. The van der Waals surface area contributed by atoms with Crippen molar-refractivity contribution in [2.75, 3.05) is 19.6 Å². The molecule has 2 heteroatoms. The molecule has 1 aliphatic carbocycles. The third kappa shape index (κ3) is 2.91. The maximum Gasteiger partial charge on any atom is 0.0304 e. The van der Waals surface area contributed by atoms with E-state index in [0.717, 1.165) is 12.5 Å². The fourth-order valence-electron chi connectivity index (χ4n) is 3.56. The van der Waals surface area contributed by atoms with Crippen LogP contribution in [0.4, 0.5) is 0 Å². The molecule has 2 unspecified atom stereocenters. The quantitative estimate of drug-likeness (QED) is 0.825. The van der Waals surface area contributed by atoms with E-state index in [1.807, 2.05) is 0 Å². The van der Waals surface area contributed by atoms with Crippen molar-refractivity contribution in [1.82, 2.24) is 10.2 Å². The van der Waals surface area contributed by atoms with E-state index in [2.05, 4.69) is 37.9 Å². The van der Waals surface area contributed by atoms with Crippen LogP contribution in [0.2, 0.25) is 0 Å². The van der Waals surface area contributed by atoms with E-state index in [-0.39, 0.29) is 0 Å². The highest BCUT2D eigenvalue weighted by Crippen LogP contribution is 2.33. The van der Waals surface area contributed by atoms with Crippen molar-refractivity contribution in [3.8, 4) is 0 Å². The standard InChI is InChI=1S/C16H32N2/c1-5-15(3)13-18(11-14-9-7-8-10-14)16(4,6-2)12-17-15/h14,17H,5-13H2,1-4H3. The van der Waals surface area contributed by atoms with Crippen LogP contribution in [0.5, 0.6) is 0 Å². The van der Waals surface area contributed by atoms with Gasteiger partial charge in [0.15, 0.2) is 0 Å². The van der Waals surface area contributed by atoms with Crippen LogP contribution in [0, 0.1) is 5.92 Å². The van der Waals surface area contributed by atoms with E-state index >= 15 is 0 Å². The van der Waals surface area contributed by atoms with Crippen LogP contribution in [-0.4, -0.2) is 35.6 Å². The Morgan fingerprint density at radius 1 is 1.11 bits per heavy atom.